The van der Waals surface area contributed by atoms with Crippen molar-refractivity contribution in [1.29, 1.82) is 0 Å². The van der Waals surface area contributed by atoms with Crippen LogP contribution in [-0.2, 0) is 12.6 Å². The number of aliphatic hydroxyl groups is 1. The summed E-state index contributed by atoms with van der Waals surface area (Å²) in [6.45, 7) is 0. The van der Waals surface area contributed by atoms with Crippen molar-refractivity contribution in [3.63, 3.8) is 0 Å². The summed E-state index contributed by atoms with van der Waals surface area (Å²) >= 11 is 21.1. The Balaban J connectivity index is 1.79. The lowest BCUT2D eigenvalue weighted by molar-refractivity contribution is 0.117. The summed E-state index contributed by atoms with van der Waals surface area (Å²) in [5.74, 6) is 0. The molecule has 35 heavy (non-hydrogen) atoms. The molecule has 2 heterocycles. The van der Waals surface area contributed by atoms with Crippen LogP contribution in [0.3, 0.4) is 0 Å². The summed E-state index contributed by atoms with van der Waals surface area (Å²) in [5.41, 5.74) is 2.52. The van der Waals surface area contributed by atoms with Gasteiger partial charge in [0, 0.05) is 23.0 Å². The fraction of sp³-hybridized carbons (Fsp3) is 0.111. The first-order valence-electron chi connectivity index (χ1n) is 10.7. The van der Waals surface area contributed by atoms with Gasteiger partial charge in [-0.05, 0) is 47.2 Å². The number of imidazole rings is 1. The van der Waals surface area contributed by atoms with Gasteiger partial charge >= 0.3 is 0 Å². The normalized spacial score (nSPS) is 13.2. The minimum Gasteiger partial charge on any atom is -0.374 e. The molecule has 0 aliphatic heterocycles. The average Bonchev–Trinajstić information content (AvgIpc) is 3.25. The highest BCUT2D eigenvalue weighted by molar-refractivity contribution is 7.98. The number of benzene rings is 3. The quantitative estimate of drug-likeness (QED) is 0.184. The minimum atomic E-state index is -1.52. The zero-order valence-corrected chi connectivity index (χ0v) is 21.9. The second-order valence-corrected chi connectivity index (χ2v) is 10.0. The standard InChI is InChI=1S/C27H20Cl3N3OS/c1-33-22(15-31-26(33)35-2)27(34,17-8-11-19(28)12-9-17)18-10-13-21-20(14-18)24(29)23(25(30)32-21)16-6-4-3-5-7-16/h3-15,34H,1-2H3. The van der Waals surface area contributed by atoms with Crippen LogP contribution in [-0.4, -0.2) is 25.9 Å². The molecular weight excluding hydrogens is 521 g/mol. The molecule has 0 aliphatic rings. The van der Waals surface area contributed by atoms with E-state index in [-0.39, 0.29) is 0 Å². The Morgan fingerprint density at radius 2 is 1.60 bits per heavy atom. The van der Waals surface area contributed by atoms with Crippen molar-refractivity contribution in [3.05, 3.63) is 111 Å². The smallest absolute Gasteiger partial charge is 0.167 e. The van der Waals surface area contributed by atoms with Crippen LogP contribution in [0.4, 0.5) is 0 Å². The van der Waals surface area contributed by atoms with Crippen molar-refractivity contribution >= 4 is 57.5 Å². The fourth-order valence-corrected chi connectivity index (χ4v) is 5.69. The molecular formula is C27H20Cl3N3OS. The topological polar surface area (TPSA) is 50.9 Å². The summed E-state index contributed by atoms with van der Waals surface area (Å²) in [7, 11) is 1.89. The Kier molecular flexibility index (Phi) is 6.55. The molecule has 4 nitrogen and oxygen atoms in total. The Labute approximate surface area is 222 Å². The third-order valence-electron chi connectivity index (χ3n) is 6.12. The molecule has 0 bridgehead atoms. The molecule has 176 valence electrons. The molecule has 1 N–H and O–H groups in total. The number of hydrogen-bond donors (Lipinski definition) is 1. The molecule has 8 heteroatoms. The highest BCUT2D eigenvalue weighted by Crippen LogP contribution is 2.42. The van der Waals surface area contributed by atoms with Gasteiger partial charge in [-0.15, -0.1) is 0 Å². The zero-order valence-electron chi connectivity index (χ0n) is 18.8. The van der Waals surface area contributed by atoms with Gasteiger partial charge in [0.15, 0.2) is 10.8 Å². The molecule has 1 atom stereocenters. The summed E-state index contributed by atoms with van der Waals surface area (Å²) in [6, 6.07) is 22.3. The first kappa shape index (κ1) is 24.2. The van der Waals surface area contributed by atoms with E-state index >= 15 is 0 Å². The maximum atomic E-state index is 12.4. The first-order chi connectivity index (χ1) is 16.8. The van der Waals surface area contributed by atoms with Crippen LogP contribution < -0.4 is 0 Å². The van der Waals surface area contributed by atoms with E-state index in [2.05, 4.69) is 9.97 Å². The van der Waals surface area contributed by atoms with Gasteiger partial charge in [0.25, 0.3) is 0 Å². The Bertz CT molecular complexity index is 1540. The number of nitrogens with zero attached hydrogens (tertiary/aromatic N) is 3. The van der Waals surface area contributed by atoms with Gasteiger partial charge in [-0.25, -0.2) is 9.97 Å². The van der Waals surface area contributed by atoms with E-state index in [0.29, 0.717) is 48.5 Å². The van der Waals surface area contributed by atoms with Crippen molar-refractivity contribution < 1.29 is 5.11 Å². The Morgan fingerprint density at radius 1 is 0.914 bits per heavy atom. The molecule has 5 rings (SSSR count). The third-order valence-corrected chi connectivity index (χ3v) is 7.78. The molecule has 0 amide bonds. The van der Waals surface area contributed by atoms with Gasteiger partial charge in [-0.2, -0.15) is 0 Å². The summed E-state index contributed by atoms with van der Waals surface area (Å²) in [5, 5.41) is 15.2. The molecule has 0 aliphatic carbocycles. The van der Waals surface area contributed by atoms with E-state index < -0.39 is 5.60 Å². The molecule has 0 radical (unpaired) electrons. The molecule has 0 fully saturated rings. The van der Waals surface area contributed by atoms with E-state index in [4.69, 9.17) is 34.8 Å². The summed E-state index contributed by atoms with van der Waals surface area (Å²) in [4.78, 5) is 9.09. The second kappa shape index (κ2) is 9.49. The van der Waals surface area contributed by atoms with E-state index in [0.717, 1.165) is 10.7 Å². The van der Waals surface area contributed by atoms with Crippen molar-refractivity contribution in [3.8, 4) is 11.1 Å². The van der Waals surface area contributed by atoms with Gasteiger partial charge < -0.3 is 9.67 Å². The maximum Gasteiger partial charge on any atom is 0.167 e. The van der Waals surface area contributed by atoms with Crippen LogP contribution in [0.15, 0.2) is 84.1 Å². The molecule has 0 saturated carbocycles. The lowest BCUT2D eigenvalue weighted by Crippen LogP contribution is -2.31. The molecule has 1 unspecified atom stereocenters. The number of thioether (sulfide) groups is 1. The predicted molar refractivity (Wildman–Crippen MR) is 146 cm³/mol. The number of hydrogen-bond acceptors (Lipinski definition) is 4. The lowest BCUT2D eigenvalue weighted by Gasteiger charge is -2.30. The van der Waals surface area contributed by atoms with Crippen LogP contribution in [0.2, 0.25) is 15.2 Å². The highest BCUT2D eigenvalue weighted by Gasteiger charge is 2.37. The molecule has 3 aromatic carbocycles. The monoisotopic (exact) mass is 539 g/mol. The number of halogens is 3. The van der Waals surface area contributed by atoms with Crippen LogP contribution >= 0.6 is 46.6 Å². The third kappa shape index (κ3) is 4.11. The van der Waals surface area contributed by atoms with Crippen molar-refractivity contribution in [2.24, 2.45) is 7.05 Å². The number of rotatable bonds is 5. The lowest BCUT2D eigenvalue weighted by atomic mass is 9.83. The van der Waals surface area contributed by atoms with E-state index in [1.807, 2.05) is 78.5 Å². The van der Waals surface area contributed by atoms with Gasteiger partial charge in [0.05, 0.1) is 22.4 Å². The number of pyridine rings is 1. The summed E-state index contributed by atoms with van der Waals surface area (Å²) in [6.07, 6.45) is 3.64. The Morgan fingerprint density at radius 3 is 2.26 bits per heavy atom. The molecule has 2 aromatic heterocycles. The first-order valence-corrected chi connectivity index (χ1v) is 13.1. The molecule has 5 aromatic rings. The van der Waals surface area contributed by atoms with E-state index in [1.165, 1.54) is 11.8 Å². The average molecular weight is 541 g/mol. The van der Waals surface area contributed by atoms with E-state index in [1.54, 1.807) is 18.3 Å². The summed E-state index contributed by atoms with van der Waals surface area (Å²) < 4.78 is 1.89. The van der Waals surface area contributed by atoms with Gasteiger partial charge in [-0.1, -0.05) is 95.1 Å². The maximum absolute atomic E-state index is 12.4. The van der Waals surface area contributed by atoms with Crippen LogP contribution in [0.25, 0.3) is 22.0 Å². The second-order valence-electron chi connectivity index (χ2n) is 8.10. The molecule has 0 spiro atoms. The van der Waals surface area contributed by atoms with Crippen LogP contribution in [0, 0.1) is 0 Å². The number of fused-ring (bicyclic) bond motifs is 1. The van der Waals surface area contributed by atoms with Gasteiger partial charge in [-0.3, -0.25) is 0 Å². The number of aromatic nitrogens is 3. The predicted octanol–water partition coefficient (Wildman–Crippen LogP) is 7.60. The zero-order chi connectivity index (χ0) is 24.7. The van der Waals surface area contributed by atoms with Crippen molar-refractivity contribution in [1.82, 2.24) is 14.5 Å². The van der Waals surface area contributed by atoms with E-state index in [9.17, 15) is 5.11 Å². The molecule has 0 saturated heterocycles. The van der Waals surface area contributed by atoms with Gasteiger partial charge in [0.2, 0.25) is 0 Å². The SMILES string of the molecule is CSc1ncc(C(O)(c2ccc(Cl)cc2)c2ccc3nc(Cl)c(-c4ccccc4)c(Cl)c3c2)n1C. The van der Waals surface area contributed by atoms with Crippen LogP contribution in [0.1, 0.15) is 16.8 Å². The van der Waals surface area contributed by atoms with Gasteiger partial charge in [0.1, 0.15) is 5.15 Å². The highest BCUT2D eigenvalue weighted by atomic mass is 35.5. The fourth-order valence-electron chi connectivity index (χ4n) is 4.34. The van der Waals surface area contributed by atoms with Crippen LogP contribution in [0.5, 0.6) is 0 Å². The largest absolute Gasteiger partial charge is 0.374 e. The van der Waals surface area contributed by atoms with Crippen molar-refractivity contribution in [2.75, 3.05) is 6.26 Å². The Hall–Kier alpha value is -2.54. The minimum absolute atomic E-state index is 0.325. The van der Waals surface area contributed by atoms with Crippen molar-refractivity contribution in [2.45, 2.75) is 10.8 Å².